The highest BCUT2D eigenvalue weighted by Gasteiger charge is 2.08. The lowest BCUT2D eigenvalue weighted by atomic mass is 10.1. The van der Waals surface area contributed by atoms with Gasteiger partial charge in [0.25, 0.3) is 0 Å². The Bertz CT molecular complexity index is 655. The fraction of sp³-hybridized carbons (Fsp3) is 0.0714. The minimum atomic E-state index is 0.668. The molecule has 17 heavy (non-hydrogen) atoms. The zero-order valence-corrected chi connectivity index (χ0v) is 10.9. The minimum absolute atomic E-state index is 0.668. The summed E-state index contributed by atoms with van der Waals surface area (Å²) in [6.45, 7) is 2.05. The SMILES string of the molecule is Cc1cc(-c2nc3ccccc3o2)ccc1Br. The van der Waals surface area contributed by atoms with E-state index >= 15 is 0 Å². The number of halogens is 1. The monoisotopic (exact) mass is 287 g/mol. The van der Waals surface area contributed by atoms with Crippen molar-refractivity contribution in [3.63, 3.8) is 0 Å². The van der Waals surface area contributed by atoms with Gasteiger partial charge in [-0.1, -0.05) is 28.1 Å². The molecule has 0 amide bonds. The van der Waals surface area contributed by atoms with Crippen LogP contribution in [0.25, 0.3) is 22.6 Å². The first-order chi connectivity index (χ1) is 8.24. The molecule has 0 unspecified atom stereocenters. The number of hydrogen-bond donors (Lipinski definition) is 0. The molecule has 1 heterocycles. The third-order valence-corrected chi connectivity index (χ3v) is 3.59. The molecule has 2 nitrogen and oxygen atoms in total. The molecule has 2 aromatic carbocycles. The van der Waals surface area contributed by atoms with E-state index in [2.05, 4.69) is 33.9 Å². The van der Waals surface area contributed by atoms with Gasteiger partial charge < -0.3 is 4.42 Å². The second-order valence-corrected chi connectivity index (χ2v) is 4.81. The number of para-hydroxylation sites is 2. The van der Waals surface area contributed by atoms with Crippen LogP contribution in [-0.2, 0) is 0 Å². The molecule has 84 valence electrons. The second-order valence-electron chi connectivity index (χ2n) is 3.95. The van der Waals surface area contributed by atoms with Gasteiger partial charge in [-0.3, -0.25) is 0 Å². The van der Waals surface area contributed by atoms with Crippen molar-refractivity contribution < 1.29 is 4.42 Å². The average molecular weight is 288 g/mol. The number of aryl methyl sites for hydroxylation is 1. The van der Waals surface area contributed by atoms with Crippen molar-refractivity contribution in [1.29, 1.82) is 0 Å². The fourth-order valence-corrected chi connectivity index (χ4v) is 2.02. The number of oxazole rings is 1. The second kappa shape index (κ2) is 4.00. The molecular formula is C14H10BrNO. The molecule has 0 aliphatic carbocycles. The molecule has 0 saturated carbocycles. The Hall–Kier alpha value is -1.61. The smallest absolute Gasteiger partial charge is 0.227 e. The Morgan fingerprint density at radius 2 is 1.94 bits per heavy atom. The lowest BCUT2D eigenvalue weighted by Gasteiger charge is -1.99. The molecule has 0 saturated heterocycles. The van der Waals surface area contributed by atoms with Gasteiger partial charge in [0.05, 0.1) is 0 Å². The predicted molar refractivity (Wildman–Crippen MR) is 71.9 cm³/mol. The van der Waals surface area contributed by atoms with Crippen molar-refractivity contribution in [3.8, 4) is 11.5 Å². The lowest BCUT2D eigenvalue weighted by molar-refractivity contribution is 0.620. The van der Waals surface area contributed by atoms with Gasteiger partial charge in [0.2, 0.25) is 5.89 Å². The Morgan fingerprint density at radius 1 is 1.12 bits per heavy atom. The van der Waals surface area contributed by atoms with E-state index in [1.165, 1.54) is 5.56 Å². The summed E-state index contributed by atoms with van der Waals surface area (Å²) in [5, 5.41) is 0. The van der Waals surface area contributed by atoms with Crippen LogP contribution < -0.4 is 0 Å². The van der Waals surface area contributed by atoms with Gasteiger partial charge in [0, 0.05) is 10.0 Å². The van der Waals surface area contributed by atoms with E-state index in [0.717, 1.165) is 21.1 Å². The third kappa shape index (κ3) is 1.87. The number of hydrogen-bond acceptors (Lipinski definition) is 2. The van der Waals surface area contributed by atoms with Crippen molar-refractivity contribution >= 4 is 27.0 Å². The van der Waals surface area contributed by atoms with E-state index in [9.17, 15) is 0 Å². The molecule has 0 radical (unpaired) electrons. The van der Waals surface area contributed by atoms with Gasteiger partial charge in [-0.25, -0.2) is 4.98 Å². The van der Waals surface area contributed by atoms with Crippen LogP contribution in [0.1, 0.15) is 5.56 Å². The molecule has 3 aromatic rings. The van der Waals surface area contributed by atoms with E-state index in [1.54, 1.807) is 0 Å². The quantitative estimate of drug-likeness (QED) is 0.655. The van der Waals surface area contributed by atoms with Crippen molar-refractivity contribution in [2.75, 3.05) is 0 Å². The topological polar surface area (TPSA) is 26.0 Å². The van der Waals surface area contributed by atoms with Gasteiger partial charge in [0.1, 0.15) is 5.52 Å². The third-order valence-electron chi connectivity index (χ3n) is 2.70. The van der Waals surface area contributed by atoms with E-state index in [1.807, 2.05) is 36.4 Å². The molecule has 3 heteroatoms. The first-order valence-electron chi connectivity index (χ1n) is 5.36. The number of nitrogens with zero attached hydrogens (tertiary/aromatic N) is 1. The lowest BCUT2D eigenvalue weighted by Crippen LogP contribution is -1.80. The summed E-state index contributed by atoms with van der Waals surface area (Å²) in [4.78, 5) is 4.47. The zero-order valence-electron chi connectivity index (χ0n) is 9.27. The molecular weight excluding hydrogens is 278 g/mol. The Labute approximate surface area is 107 Å². The highest BCUT2D eigenvalue weighted by molar-refractivity contribution is 9.10. The first-order valence-corrected chi connectivity index (χ1v) is 6.15. The Balaban J connectivity index is 2.17. The van der Waals surface area contributed by atoms with Gasteiger partial charge in [-0.2, -0.15) is 0 Å². The molecule has 0 fully saturated rings. The predicted octanol–water partition coefficient (Wildman–Crippen LogP) is 4.57. The zero-order chi connectivity index (χ0) is 11.8. The summed E-state index contributed by atoms with van der Waals surface area (Å²) in [6, 6.07) is 13.9. The standard InChI is InChI=1S/C14H10BrNO/c1-9-8-10(6-7-11(9)15)14-16-12-4-2-3-5-13(12)17-14/h2-8H,1H3. The Kier molecular flexibility index (Phi) is 2.48. The van der Waals surface area contributed by atoms with E-state index in [-0.39, 0.29) is 0 Å². The van der Waals surface area contributed by atoms with E-state index < -0.39 is 0 Å². The van der Waals surface area contributed by atoms with Crippen molar-refractivity contribution in [3.05, 3.63) is 52.5 Å². The van der Waals surface area contributed by atoms with Crippen LogP contribution in [-0.4, -0.2) is 4.98 Å². The highest BCUT2D eigenvalue weighted by atomic mass is 79.9. The minimum Gasteiger partial charge on any atom is -0.436 e. The van der Waals surface area contributed by atoms with Crippen LogP contribution in [0.2, 0.25) is 0 Å². The Morgan fingerprint density at radius 3 is 2.71 bits per heavy atom. The van der Waals surface area contributed by atoms with Gasteiger partial charge in [-0.05, 0) is 42.8 Å². The van der Waals surface area contributed by atoms with Crippen molar-refractivity contribution in [2.45, 2.75) is 6.92 Å². The number of rotatable bonds is 1. The van der Waals surface area contributed by atoms with Crippen LogP contribution in [0, 0.1) is 6.92 Å². The summed E-state index contributed by atoms with van der Waals surface area (Å²) in [5.41, 5.74) is 3.89. The molecule has 3 rings (SSSR count). The van der Waals surface area contributed by atoms with Crippen LogP contribution in [0.5, 0.6) is 0 Å². The van der Waals surface area contributed by atoms with Crippen LogP contribution in [0.4, 0.5) is 0 Å². The van der Waals surface area contributed by atoms with Gasteiger partial charge >= 0.3 is 0 Å². The number of aromatic nitrogens is 1. The molecule has 0 bridgehead atoms. The van der Waals surface area contributed by atoms with Crippen LogP contribution in [0.15, 0.2) is 51.4 Å². The molecule has 0 spiro atoms. The summed E-state index contributed by atoms with van der Waals surface area (Å²) < 4.78 is 6.82. The number of fused-ring (bicyclic) bond motifs is 1. The maximum Gasteiger partial charge on any atom is 0.227 e. The average Bonchev–Trinajstić information content (AvgIpc) is 2.76. The molecule has 0 atom stereocenters. The van der Waals surface area contributed by atoms with Gasteiger partial charge in [0.15, 0.2) is 5.58 Å². The van der Waals surface area contributed by atoms with E-state index in [0.29, 0.717) is 5.89 Å². The molecule has 1 aromatic heterocycles. The maximum absolute atomic E-state index is 5.72. The molecule has 0 aliphatic rings. The summed E-state index contributed by atoms with van der Waals surface area (Å²) in [7, 11) is 0. The fourth-order valence-electron chi connectivity index (χ4n) is 1.77. The number of benzene rings is 2. The van der Waals surface area contributed by atoms with Crippen molar-refractivity contribution in [2.24, 2.45) is 0 Å². The first kappa shape index (κ1) is 10.5. The maximum atomic E-state index is 5.72. The van der Waals surface area contributed by atoms with Crippen molar-refractivity contribution in [1.82, 2.24) is 4.98 Å². The normalized spacial score (nSPS) is 10.9. The van der Waals surface area contributed by atoms with Crippen LogP contribution >= 0.6 is 15.9 Å². The molecule has 0 aliphatic heterocycles. The van der Waals surface area contributed by atoms with E-state index in [4.69, 9.17) is 4.42 Å². The largest absolute Gasteiger partial charge is 0.436 e. The summed E-state index contributed by atoms with van der Waals surface area (Å²) >= 11 is 3.49. The summed E-state index contributed by atoms with van der Waals surface area (Å²) in [5.74, 6) is 0.668. The van der Waals surface area contributed by atoms with Gasteiger partial charge in [-0.15, -0.1) is 0 Å². The van der Waals surface area contributed by atoms with Crippen LogP contribution in [0.3, 0.4) is 0 Å². The highest BCUT2D eigenvalue weighted by Crippen LogP contribution is 2.27. The molecule has 0 N–H and O–H groups in total. The summed E-state index contributed by atoms with van der Waals surface area (Å²) in [6.07, 6.45) is 0.